The first kappa shape index (κ1) is 112. The molecule has 16 N–H and O–H groups in total. The highest BCUT2D eigenvalue weighted by atomic mass is 79.9. The van der Waals surface area contributed by atoms with E-state index in [1.807, 2.05) is 67.5 Å². The molecular formula is C65H101BrCl2N16O24S10. The van der Waals surface area contributed by atoms with E-state index in [2.05, 4.69) is 86.2 Å². The average Bonchev–Trinajstić information content (AvgIpc) is 1.46. The smallest absolute Gasteiger partial charge is 0.384 e. The van der Waals surface area contributed by atoms with Gasteiger partial charge in [-0.1, -0.05) is 20.6 Å². The number of hydrogen-bond donors (Lipinski definition) is 13. The van der Waals surface area contributed by atoms with Gasteiger partial charge >= 0.3 is 41.8 Å². The Morgan fingerprint density at radius 3 is 1.71 bits per heavy atom. The molecule has 0 unspecified atom stereocenters. The van der Waals surface area contributed by atoms with E-state index in [9.17, 15) is 61.6 Å². The molecule has 666 valence electrons. The molecule has 0 bridgehead atoms. The van der Waals surface area contributed by atoms with Crippen LogP contribution in [0.15, 0.2) is 34.1 Å². The van der Waals surface area contributed by atoms with E-state index in [0.717, 1.165) is 119 Å². The number of nitrogens with one attached hydrogen (secondary N) is 1. The van der Waals surface area contributed by atoms with Crippen LogP contribution in [-0.2, 0) is 116 Å². The van der Waals surface area contributed by atoms with Crippen molar-refractivity contribution in [3.05, 3.63) is 80.4 Å². The summed E-state index contributed by atoms with van der Waals surface area (Å²) in [6, 6.07) is 4.00. The third-order valence-corrected chi connectivity index (χ3v) is 25.2. The fraction of sp³-hybridized carbons (Fsp3) is 0.615. The largest absolute Gasteiger partial charge is 1.00 e. The highest BCUT2D eigenvalue weighted by molar-refractivity contribution is 9.09. The first-order chi connectivity index (χ1) is 55.9. The van der Waals surface area contributed by atoms with Crippen LogP contribution in [0.25, 0.3) is 0 Å². The number of aliphatic carboxylic acids is 5. The van der Waals surface area contributed by atoms with Crippen LogP contribution < -0.4 is 44.7 Å². The van der Waals surface area contributed by atoms with Crippen molar-refractivity contribution >= 4 is 198 Å². The Labute approximate surface area is 740 Å². The summed E-state index contributed by atoms with van der Waals surface area (Å²) in [5.74, 6) is 10.1. The van der Waals surface area contributed by atoms with Crippen LogP contribution in [0.5, 0.6) is 5.95 Å². The number of thioether (sulfide) groups is 8. The Morgan fingerprint density at radius 2 is 1.29 bits per heavy atom. The first-order valence-electron chi connectivity index (χ1n) is 35.1. The number of nitrogens with two attached hydrogens (primary N) is 2. The standard InChI is InChI=1S/C9H12N2O2S.C7H8N2O3S.C7H10N2OS.C7H8N2OS.C5H10ClNO2S.C5H8N2O3S.C5H6N2O2S.C5H11NO3S.C5H9NO2S.C5H6O2.C3H7NO2S.C2H5BrO.ClH/c1-2-13-9(12)8-5-7-6-14-4-3-11(7)10-8;10-4-6-3-7-5-13(11,12)2-1-9(7)8-6;2*10-4-6-3-7-5-11-2-1-9(7)8-6;6-1-2-10-3-4(7)5(8)9;8-5(9)4-3-11-2-1-7(4)6-10;8-5-4-3-10-2-1-7(4)6-9-5;6-4(5(8)9)3-10-2-1-7;7-5(8)4-3-9-2-1-6-4;1-3-5(6)7-4-2;4-2(1-7)3(5)6;3-1-2-4;/h5H,2-4,6H2,1H3;3-4H,1-2,5H2;3,10H,1-2,4-5H2;3-4H,1-2,5H2;4H,1-3,7H2,(H,8,9);4H,1-3H2,(H,8,9);1-3H2;4,7H,1-3,6H2,(H,8,9);4,6H,1-3H2,(H,7,8);1H,4H2,2H3;2,7H,1,4H2,(H,5,6);4H,1-2H2;1H/t;;;;2*4-;;2*4-;;2-;;/m....00.00.0../s1. The number of thiol groups is 1. The fourth-order valence-corrected chi connectivity index (χ4v) is 17.3. The number of rotatable bonds is 22. The molecule has 7 aliphatic heterocycles. The van der Waals surface area contributed by atoms with Crippen molar-refractivity contribution < 1.29 is 134 Å². The number of esters is 2. The van der Waals surface area contributed by atoms with Crippen molar-refractivity contribution in [3.63, 3.8) is 0 Å². The molecule has 0 radical (unpaired) electrons. The molecule has 7 aliphatic rings. The number of nitroso groups, excluding NO2 is 1. The van der Waals surface area contributed by atoms with Crippen molar-refractivity contribution in [1.29, 1.82) is 0 Å². The third-order valence-electron chi connectivity index (χ3n) is 14.4. The molecule has 2 saturated heterocycles. The fourth-order valence-electron chi connectivity index (χ4n) is 8.66. The number of terminal acetylenes is 1. The molecule has 12 rings (SSSR count). The highest BCUT2D eigenvalue weighted by Gasteiger charge is 2.29. The number of carboxylic acid groups (broad SMARTS) is 5. The van der Waals surface area contributed by atoms with E-state index in [1.54, 1.807) is 52.7 Å². The summed E-state index contributed by atoms with van der Waals surface area (Å²) in [5, 5.41) is 105. The summed E-state index contributed by atoms with van der Waals surface area (Å²) < 4.78 is 45.0. The maximum absolute atomic E-state index is 11.4. The highest BCUT2D eigenvalue weighted by Crippen LogP contribution is 2.23. The molecule has 2 fully saturated rings. The Morgan fingerprint density at radius 1 is 0.754 bits per heavy atom. The summed E-state index contributed by atoms with van der Waals surface area (Å²) in [6.07, 6.45) is 6.06. The summed E-state index contributed by atoms with van der Waals surface area (Å²) in [4.78, 5) is 103. The summed E-state index contributed by atoms with van der Waals surface area (Å²) in [7, 11) is -2.97. The second-order valence-electron chi connectivity index (χ2n) is 23.1. The summed E-state index contributed by atoms with van der Waals surface area (Å²) >= 11 is 25.5. The summed E-state index contributed by atoms with van der Waals surface area (Å²) in [5.41, 5.74) is 20.4. The molecule has 0 aromatic carbocycles. The Hall–Kier alpha value is -5.75. The van der Waals surface area contributed by atoms with Crippen molar-refractivity contribution in [2.75, 3.05) is 131 Å². The number of carboxylic acids is 5. The quantitative estimate of drug-likeness (QED) is 0.00389. The number of halogens is 3. The number of alkyl halides is 2. The van der Waals surface area contributed by atoms with Gasteiger partial charge in [0.15, 0.2) is 52.7 Å². The number of hydrogen-bond acceptors (Lipinski definition) is 37. The normalized spacial score (nSPS) is 16.4. The van der Waals surface area contributed by atoms with E-state index in [-0.39, 0.29) is 67.4 Å². The lowest BCUT2D eigenvalue weighted by atomic mass is 10.3. The number of aryl methyl sites for hydroxylation is 5. The predicted molar refractivity (Wildman–Crippen MR) is 456 cm³/mol. The lowest BCUT2D eigenvalue weighted by Crippen LogP contribution is -3.00. The predicted octanol–water partition coefficient (Wildman–Crippen LogP) is -2.61. The van der Waals surface area contributed by atoms with Crippen LogP contribution in [0.3, 0.4) is 0 Å². The van der Waals surface area contributed by atoms with Crippen LogP contribution in [0.4, 0.5) is 0 Å². The maximum atomic E-state index is 11.4. The zero-order chi connectivity index (χ0) is 87.7. The number of fused-ring (bicyclic) bond motifs is 5. The Balaban J connectivity index is 0.00000128. The molecular weight excluding hydrogens is 1860 g/mol. The number of nitrogens with zero attached hydrogens (tertiary/aromatic N) is 12. The average molecular weight is 1960 g/mol. The molecule has 12 heterocycles. The van der Waals surface area contributed by atoms with Gasteiger partial charge in [0.05, 0.1) is 110 Å². The zero-order valence-electron chi connectivity index (χ0n) is 64.4. The molecule has 40 nitrogen and oxygen atoms in total. The van der Waals surface area contributed by atoms with Gasteiger partial charge in [-0.25, -0.2) is 32.6 Å². The van der Waals surface area contributed by atoms with Crippen LogP contribution in [0.1, 0.15) is 79.5 Å². The number of aliphatic hydroxyl groups excluding tert-OH is 3. The number of carbonyl (C=O) groups excluding carboxylic acids is 4. The van der Waals surface area contributed by atoms with E-state index in [1.165, 1.54) is 52.7 Å². The van der Waals surface area contributed by atoms with Crippen molar-refractivity contribution in [2.24, 2.45) is 16.8 Å². The first-order valence-corrected chi connectivity index (χ1v) is 48.5. The van der Waals surface area contributed by atoms with Crippen LogP contribution in [0, 0.1) is 17.3 Å². The van der Waals surface area contributed by atoms with Crippen molar-refractivity contribution in [1.82, 2.24) is 54.7 Å². The molecule has 5 aromatic heterocycles. The number of quaternary nitrogens is 1. The summed E-state index contributed by atoms with van der Waals surface area (Å²) in [6.45, 7) is 9.83. The second-order valence-corrected chi connectivity index (χ2v) is 35.9. The molecule has 53 heteroatoms. The lowest BCUT2D eigenvalue weighted by molar-refractivity contribution is -0.765. The minimum atomic E-state index is -2.97. The van der Waals surface area contributed by atoms with Gasteiger partial charge in [-0.2, -0.15) is 115 Å². The lowest BCUT2D eigenvalue weighted by Gasteiger charge is -2.26. The molecule has 118 heavy (non-hydrogen) atoms. The van der Waals surface area contributed by atoms with Gasteiger partial charge in [0, 0.05) is 128 Å². The number of carbonyl (C=O) groups is 9. The van der Waals surface area contributed by atoms with Gasteiger partial charge in [-0.3, -0.25) is 42.7 Å². The Bertz CT molecular complexity index is 3840. The number of sulfone groups is 1. The van der Waals surface area contributed by atoms with Crippen LogP contribution in [-0.4, -0.2) is 315 Å². The topological polar surface area (TPSA) is 617 Å². The molecule has 5 aromatic rings. The SMILES string of the molecule is C#CC(=O)OCC.CCOC(=O)c1cc2n(n1)CCSC2.N[C@@H](CS)C(=O)O.N[C@@H](CSCCO)C(=O)O.O=C(O)[C@@H]1CSCCN1.O=Cc1cc2n(n1)CCS(=O)(=O)C2.O=Cc1cc2n(n1)CCSC2.O=NN1CCSC[C@H]1C(=O)O.OCCBr.OCc1cc2n(n1)CCSC2.[Cl-].[NH3+][C@@H](CSCCCl)C(=O)O.[O-]c1on[n+]2c1CSCC2. The monoisotopic (exact) mass is 1960 g/mol. The second kappa shape index (κ2) is 66.8. The number of aromatic nitrogens is 10. The maximum Gasteiger partial charge on any atom is 0.384 e. The van der Waals surface area contributed by atoms with Gasteiger partial charge in [0.25, 0.3) is 0 Å². The van der Waals surface area contributed by atoms with Gasteiger partial charge in [0.1, 0.15) is 29.5 Å². The van der Waals surface area contributed by atoms with Gasteiger partial charge in [-0.05, 0) is 38.1 Å². The van der Waals surface area contributed by atoms with Gasteiger partial charge in [0.2, 0.25) is 5.69 Å². The number of ether oxygens (including phenoxy) is 2. The van der Waals surface area contributed by atoms with E-state index >= 15 is 0 Å². The minimum absolute atomic E-state index is 0. The molecule has 0 aliphatic carbocycles. The molecule has 5 atom stereocenters. The van der Waals surface area contributed by atoms with E-state index in [4.69, 9.17) is 68.7 Å². The number of aldehydes is 2. The number of aliphatic hydroxyl groups is 3. The molecule has 0 saturated carbocycles. The van der Waals surface area contributed by atoms with E-state index in [0.29, 0.717) is 101 Å². The minimum Gasteiger partial charge on any atom is -1.00 e. The van der Waals surface area contributed by atoms with Crippen LogP contribution in [0.2, 0.25) is 0 Å². The molecule has 0 amide bonds. The Kier molecular flexibility index (Phi) is 63.6. The van der Waals surface area contributed by atoms with Crippen molar-refractivity contribution in [3.8, 4) is 18.3 Å². The van der Waals surface area contributed by atoms with Crippen LogP contribution >= 0.6 is 134 Å². The molecule has 0 spiro atoms. The van der Waals surface area contributed by atoms with Gasteiger partial charge < -0.3 is 94.9 Å². The van der Waals surface area contributed by atoms with Gasteiger partial charge in [-0.15, -0.1) is 34.7 Å². The third kappa shape index (κ3) is 47.6. The zero-order valence-corrected chi connectivity index (χ0v) is 75.7. The van der Waals surface area contributed by atoms with E-state index < -0.39 is 69.8 Å². The van der Waals surface area contributed by atoms with Crippen molar-refractivity contribution in [2.45, 2.75) is 112 Å².